The van der Waals surface area contributed by atoms with Crippen LogP contribution in [0.1, 0.15) is 26.3 Å². The summed E-state index contributed by atoms with van der Waals surface area (Å²) in [5.74, 6) is -0.0121. The van der Waals surface area contributed by atoms with Gasteiger partial charge in [0.1, 0.15) is 12.3 Å². The molecule has 2 heterocycles. The van der Waals surface area contributed by atoms with Gasteiger partial charge < -0.3 is 10.1 Å². The molecule has 3 aromatic rings. The van der Waals surface area contributed by atoms with Gasteiger partial charge in [-0.25, -0.2) is 17.9 Å². The van der Waals surface area contributed by atoms with E-state index in [2.05, 4.69) is 15.5 Å². The zero-order valence-corrected chi connectivity index (χ0v) is 18.1. The summed E-state index contributed by atoms with van der Waals surface area (Å²) in [6, 6.07) is 7.99. The fourth-order valence-electron chi connectivity index (χ4n) is 2.70. The van der Waals surface area contributed by atoms with Gasteiger partial charge in [0.2, 0.25) is 15.7 Å². The highest BCUT2D eigenvalue weighted by molar-refractivity contribution is 7.92. The summed E-state index contributed by atoms with van der Waals surface area (Å²) < 4.78 is 31.1. The number of hydrogen-bond acceptors (Lipinski definition) is 7. The number of nitrogens with zero attached hydrogens (tertiary/aromatic N) is 4. The molecule has 0 unspecified atom stereocenters. The molecule has 160 valence electrons. The van der Waals surface area contributed by atoms with Gasteiger partial charge in [-0.15, -0.1) is 10.2 Å². The number of aromatic nitrogens is 4. The average molecular weight is 433 g/mol. The fourth-order valence-corrected chi connectivity index (χ4v) is 3.76. The maximum absolute atomic E-state index is 12.6. The number of methoxy groups -OCH3 is 1. The van der Waals surface area contributed by atoms with Crippen LogP contribution in [0.4, 0.5) is 5.69 Å². The third-order valence-corrected chi connectivity index (χ3v) is 6.80. The van der Waals surface area contributed by atoms with Crippen molar-refractivity contribution in [1.82, 2.24) is 19.4 Å². The Morgan fingerprint density at radius 2 is 1.87 bits per heavy atom. The Bertz CT molecular complexity index is 1280. The van der Waals surface area contributed by atoms with Gasteiger partial charge in [-0.2, -0.15) is 4.52 Å². The van der Waals surface area contributed by atoms with Crippen LogP contribution in [-0.2, 0) is 21.2 Å². The molecule has 0 aliphatic heterocycles. The lowest BCUT2D eigenvalue weighted by molar-refractivity contribution is -0.117. The van der Waals surface area contributed by atoms with Crippen LogP contribution < -0.4 is 15.7 Å². The maximum atomic E-state index is 12.6. The number of benzene rings is 1. The van der Waals surface area contributed by atoms with Crippen molar-refractivity contribution in [3.05, 3.63) is 46.4 Å². The third kappa shape index (κ3) is 3.92. The number of fused-ring (bicyclic) bond motifs is 1. The van der Waals surface area contributed by atoms with Crippen molar-refractivity contribution in [2.75, 3.05) is 12.4 Å². The predicted octanol–water partition coefficient (Wildman–Crippen LogP) is 1.42. The zero-order valence-electron chi connectivity index (χ0n) is 17.3. The van der Waals surface area contributed by atoms with Crippen molar-refractivity contribution in [2.24, 2.45) is 0 Å². The van der Waals surface area contributed by atoms with E-state index in [-0.39, 0.29) is 17.2 Å². The molecule has 30 heavy (non-hydrogen) atoms. The highest BCUT2D eigenvalue weighted by atomic mass is 32.2. The van der Waals surface area contributed by atoms with Crippen LogP contribution >= 0.6 is 0 Å². The van der Waals surface area contributed by atoms with Gasteiger partial charge >= 0.3 is 5.69 Å². The van der Waals surface area contributed by atoms with Crippen LogP contribution in [0.25, 0.3) is 5.65 Å². The van der Waals surface area contributed by atoms with Gasteiger partial charge in [-0.3, -0.25) is 4.79 Å². The van der Waals surface area contributed by atoms with E-state index in [0.29, 0.717) is 11.4 Å². The molecule has 10 nitrogen and oxygen atoms in total. The monoisotopic (exact) mass is 433 g/mol. The molecule has 11 heteroatoms. The second kappa shape index (κ2) is 7.56. The molecular formula is C19H23N5O5S. The predicted molar refractivity (Wildman–Crippen MR) is 111 cm³/mol. The quantitative estimate of drug-likeness (QED) is 0.645. The fraction of sp³-hybridized carbons (Fsp3) is 0.368. The number of amides is 1. The van der Waals surface area contributed by atoms with Crippen molar-refractivity contribution < 1.29 is 17.9 Å². The summed E-state index contributed by atoms with van der Waals surface area (Å²) in [4.78, 5) is 25.1. The Balaban J connectivity index is 1.91. The molecular weight excluding hydrogens is 410 g/mol. The number of sulfone groups is 1. The molecule has 0 spiro atoms. The second-order valence-corrected chi connectivity index (χ2v) is 10.4. The van der Waals surface area contributed by atoms with Crippen LogP contribution in [0.3, 0.4) is 0 Å². The van der Waals surface area contributed by atoms with Crippen LogP contribution in [0.15, 0.2) is 40.2 Å². The standard InChI is InChI=1S/C19H23N5O5S/c1-12-6-7-14(29-5)13(10-12)20-16(25)11-23-18(26)24-15(21-23)8-9-17(22-24)30(27,28)19(2,3)4/h6-10H,11H2,1-5H3,(H,20,25). The topological polar surface area (TPSA) is 125 Å². The molecule has 2 aromatic heterocycles. The van der Waals surface area contributed by atoms with E-state index in [0.717, 1.165) is 14.8 Å². The van der Waals surface area contributed by atoms with E-state index in [4.69, 9.17) is 4.74 Å². The summed E-state index contributed by atoms with van der Waals surface area (Å²) >= 11 is 0. The molecule has 0 bridgehead atoms. The Morgan fingerprint density at radius 3 is 2.50 bits per heavy atom. The van der Waals surface area contributed by atoms with E-state index < -0.39 is 26.2 Å². The summed E-state index contributed by atoms with van der Waals surface area (Å²) in [5, 5.41) is 10.5. The Kier molecular flexibility index (Phi) is 5.42. The van der Waals surface area contributed by atoms with Crippen molar-refractivity contribution in [1.29, 1.82) is 0 Å². The third-order valence-electron chi connectivity index (χ3n) is 4.42. The molecule has 0 fully saturated rings. The van der Waals surface area contributed by atoms with Crippen molar-refractivity contribution in [3.63, 3.8) is 0 Å². The van der Waals surface area contributed by atoms with Gasteiger partial charge in [0.05, 0.1) is 17.5 Å². The molecule has 0 aliphatic carbocycles. The Labute approximate surface area is 173 Å². The van der Waals surface area contributed by atoms with Gasteiger partial charge in [0.25, 0.3) is 0 Å². The smallest absolute Gasteiger partial charge is 0.367 e. The first-order chi connectivity index (χ1) is 13.9. The van der Waals surface area contributed by atoms with E-state index >= 15 is 0 Å². The zero-order chi connectivity index (χ0) is 22.3. The number of ether oxygens (including phenoxy) is 1. The molecule has 0 saturated heterocycles. The van der Waals surface area contributed by atoms with Crippen LogP contribution in [-0.4, -0.2) is 45.6 Å². The lowest BCUT2D eigenvalue weighted by atomic mass is 10.2. The Hall–Kier alpha value is -3.21. The molecule has 1 N–H and O–H groups in total. The van der Waals surface area contributed by atoms with Crippen molar-refractivity contribution in [2.45, 2.75) is 44.0 Å². The van der Waals surface area contributed by atoms with Crippen molar-refractivity contribution >= 4 is 27.1 Å². The number of hydrogen-bond donors (Lipinski definition) is 1. The highest BCUT2D eigenvalue weighted by Crippen LogP contribution is 2.25. The number of nitrogens with one attached hydrogen (secondary N) is 1. The molecule has 1 aromatic carbocycles. The first-order valence-corrected chi connectivity index (χ1v) is 10.6. The van der Waals surface area contributed by atoms with Gasteiger partial charge in [0.15, 0.2) is 10.7 Å². The minimum Gasteiger partial charge on any atom is -0.495 e. The summed E-state index contributed by atoms with van der Waals surface area (Å²) in [6.07, 6.45) is 0. The summed E-state index contributed by atoms with van der Waals surface area (Å²) in [6.45, 7) is 6.14. The molecule has 0 saturated carbocycles. The average Bonchev–Trinajstić information content (AvgIpc) is 2.96. The van der Waals surface area contributed by atoms with Gasteiger partial charge in [0, 0.05) is 0 Å². The Morgan fingerprint density at radius 1 is 1.17 bits per heavy atom. The van der Waals surface area contributed by atoms with Gasteiger partial charge in [-0.1, -0.05) is 6.07 Å². The SMILES string of the molecule is COc1ccc(C)cc1NC(=O)Cn1nc2ccc(S(=O)(=O)C(C)(C)C)nn2c1=O. The molecule has 0 atom stereocenters. The van der Waals surface area contributed by atoms with E-state index in [1.165, 1.54) is 19.2 Å². The summed E-state index contributed by atoms with van der Waals surface area (Å²) in [7, 11) is -2.26. The first-order valence-electron chi connectivity index (χ1n) is 9.10. The minimum atomic E-state index is -3.75. The molecule has 1 amide bonds. The van der Waals surface area contributed by atoms with Crippen molar-refractivity contribution in [3.8, 4) is 5.75 Å². The number of rotatable bonds is 5. The first kappa shape index (κ1) is 21.5. The molecule has 0 radical (unpaired) electrons. The normalized spacial score (nSPS) is 12.2. The van der Waals surface area contributed by atoms with Crippen LogP contribution in [0.5, 0.6) is 5.75 Å². The highest BCUT2D eigenvalue weighted by Gasteiger charge is 2.33. The largest absolute Gasteiger partial charge is 0.495 e. The molecule has 3 rings (SSSR count). The lowest BCUT2D eigenvalue weighted by Crippen LogP contribution is -2.31. The van der Waals surface area contributed by atoms with Crippen LogP contribution in [0, 0.1) is 6.92 Å². The number of anilines is 1. The molecule has 0 aliphatic rings. The minimum absolute atomic E-state index is 0.133. The lowest BCUT2D eigenvalue weighted by Gasteiger charge is -2.17. The van der Waals surface area contributed by atoms with Gasteiger partial charge in [-0.05, 0) is 57.5 Å². The van der Waals surface area contributed by atoms with Crippen LogP contribution in [0.2, 0.25) is 0 Å². The number of aryl methyl sites for hydroxylation is 1. The summed E-state index contributed by atoms with van der Waals surface area (Å²) in [5.41, 5.74) is 0.805. The van der Waals surface area contributed by atoms with E-state index in [1.54, 1.807) is 32.9 Å². The van der Waals surface area contributed by atoms with E-state index in [1.807, 2.05) is 13.0 Å². The number of carbonyl (C=O) groups is 1. The number of carbonyl (C=O) groups excluding carboxylic acids is 1. The van der Waals surface area contributed by atoms with E-state index in [9.17, 15) is 18.0 Å². The maximum Gasteiger partial charge on any atom is 0.367 e. The second-order valence-electron chi connectivity index (χ2n) is 7.75.